The highest BCUT2D eigenvalue weighted by Crippen LogP contribution is 2.23. The number of hydrogen-bond acceptors (Lipinski definition) is 3. The van der Waals surface area contributed by atoms with Gasteiger partial charge in [0.05, 0.1) is 0 Å². The van der Waals surface area contributed by atoms with Crippen LogP contribution >= 0.6 is 0 Å². The zero-order valence-electron chi connectivity index (χ0n) is 17.9. The molecule has 6 heteroatoms. The molecule has 5 nitrogen and oxygen atoms in total. The van der Waals surface area contributed by atoms with Crippen molar-refractivity contribution in [2.24, 2.45) is 4.99 Å². The fourth-order valence-electron chi connectivity index (χ4n) is 3.66. The quantitative estimate of drug-likeness (QED) is 0.597. The minimum absolute atomic E-state index is 0.201. The van der Waals surface area contributed by atoms with Crippen LogP contribution in [0.4, 0.5) is 10.2 Å². The molecule has 0 atom stereocenters. The Morgan fingerprint density at radius 3 is 2.59 bits per heavy atom. The number of pyridine rings is 1. The van der Waals surface area contributed by atoms with E-state index in [0.29, 0.717) is 12.6 Å². The Morgan fingerprint density at radius 2 is 1.93 bits per heavy atom. The normalized spacial score (nSPS) is 16.0. The monoisotopic (exact) mass is 397 g/mol. The van der Waals surface area contributed by atoms with E-state index < -0.39 is 0 Å². The molecule has 2 N–H and O–H groups in total. The number of halogens is 1. The lowest BCUT2D eigenvalue weighted by atomic mass is 9.84. The molecule has 1 aromatic carbocycles. The fraction of sp³-hybridized carbons (Fsp3) is 0.478. The number of nitrogens with one attached hydrogen (secondary N) is 2. The average Bonchev–Trinajstić information content (AvgIpc) is 2.71. The van der Waals surface area contributed by atoms with Crippen LogP contribution in [0.5, 0.6) is 0 Å². The van der Waals surface area contributed by atoms with Crippen LogP contribution in [0.15, 0.2) is 47.5 Å². The van der Waals surface area contributed by atoms with Gasteiger partial charge >= 0.3 is 0 Å². The third-order valence-electron chi connectivity index (χ3n) is 5.56. The van der Waals surface area contributed by atoms with Gasteiger partial charge < -0.3 is 15.5 Å². The summed E-state index contributed by atoms with van der Waals surface area (Å²) in [6, 6.07) is 13.4. The van der Waals surface area contributed by atoms with Crippen LogP contribution in [0.3, 0.4) is 0 Å². The van der Waals surface area contributed by atoms with Crippen molar-refractivity contribution < 1.29 is 4.39 Å². The molecular weight excluding hydrogens is 365 g/mol. The highest BCUT2D eigenvalue weighted by atomic mass is 19.1. The van der Waals surface area contributed by atoms with Crippen LogP contribution < -0.4 is 15.5 Å². The lowest BCUT2D eigenvalue weighted by molar-refractivity contribution is 0.451. The Kier molecular flexibility index (Phi) is 6.72. The zero-order valence-corrected chi connectivity index (χ0v) is 17.9. The second-order valence-electron chi connectivity index (χ2n) is 8.36. The molecule has 1 fully saturated rings. The van der Waals surface area contributed by atoms with E-state index in [-0.39, 0.29) is 11.2 Å². The average molecular weight is 398 g/mol. The molecule has 2 heterocycles. The SMILES string of the molecule is CN=C(NCC(C)(C)c1cccc(F)c1)NC1CCN(c2cccc(C)n2)CC1. The van der Waals surface area contributed by atoms with E-state index in [4.69, 9.17) is 0 Å². The first-order chi connectivity index (χ1) is 13.9. The standard InChI is InChI=1S/C23H32FN5/c1-17-7-5-10-21(27-17)29-13-11-20(12-14-29)28-22(25-4)26-16-23(2,3)18-8-6-9-19(24)15-18/h5-10,15,20H,11-14,16H2,1-4H3,(H2,25,26,28). The van der Waals surface area contributed by atoms with Crippen molar-refractivity contribution in [1.82, 2.24) is 15.6 Å². The van der Waals surface area contributed by atoms with Crippen molar-refractivity contribution in [3.8, 4) is 0 Å². The number of piperidine rings is 1. The molecule has 0 bridgehead atoms. The van der Waals surface area contributed by atoms with Gasteiger partial charge in [-0.25, -0.2) is 9.37 Å². The first-order valence-electron chi connectivity index (χ1n) is 10.3. The van der Waals surface area contributed by atoms with E-state index in [9.17, 15) is 4.39 Å². The molecule has 0 amide bonds. The Bertz CT molecular complexity index is 841. The number of aryl methyl sites for hydroxylation is 1. The smallest absolute Gasteiger partial charge is 0.191 e. The maximum Gasteiger partial charge on any atom is 0.191 e. The summed E-state index contributed by atoms with van der Waals surface area (Å²) in [5.41, 5.74) is 1.81. The van der Waals surface area contributed by atoms with Crippen LogP contribution in [0, 0.1) is 12.7 Å². The van der Waals surface area contributed by atoms with Gasteiger partial charge in [0.2, 0.25) is 0 Å². The first kappa shape index (κ1) is 21.1. The number of benzene rings is 1. The van der Waals surface area contributed by atoms with Crippen molar-refractivity contribution in [2.75, 3.05) is 31.6 Å². The molecule has 1 aliphatic heterocycles. The highest BCUT2D eigenvalue weighted by Gasteiger charge is 2.24. The minimum Gasteiger partial charge on any atom is -0.356 e. The predicted octanol–water partition coefficient (Wildman–Crippen LogP) is 3.64. The molecule has 0 saturated carbocycles. The maximum absolute atomic E-state index is 13.6. The molecule has 3 rings (SSSR count). The van der Waals surface area contributed by atoms with Gasteiger partial charge in [0.1, 0.15) is 11.6 Å². The maximum atomic E-state index is 13.6. The molecular formula is C23H32FN5. The van der Waals surface area contributed by atoms with Crippen molar-refractivity contribution in [1.29, 1.82) is 0 Å². The number of aromatic nitrogens is 1. The summed E-state index contributed by atoms with van der Waals surface area (Å²) in [5.74, 6) is 1.65. The van der Waals surface area contributed by atoms with Crippen LogP contribution in [-0.4, -0.2) is 43.7 Å². The molecule has 1 aliphatic rings. The number of anilines is 1. The van der Waals surface area contributed by atoms with Gasteiger partial charge in [-0.3, -0.25) is 4.99 Å². The van der Waals surface area contributed by atoms with E-state index in [1.807, 2.05) is 19.1 Å². The Hall–Kier alpha value is -2.63. The van der Waals surface area contributed by atoms with Gasteiger partial charge in [0, 0.05) is 43.8 Å². The van der Waals surface area contributed by atoms with Crippen LogP contribution in [0.2, 0.25) is 0 Å². The zero-order chi connectivity index (χ0) is 20.9. The van der Waals surface area contributed by atoms with Crippen molar-refractivity contribution in [3.63, 3.8) is 0 Å². The molecule has 0 unspecified atom stereocenters. The lowest BCUT2D eigenvalue weighted by Crippen LogP contribution is -2.50. The molecule has 0 radical (unpaired) electrons. The number of nitrogens with zero attached hydrogens (tertiary/aromatic N) is 3. The molecule has 0 spiro atoms. The van der Waals surface area contributed by atoms with E-state index in [1.54, 1.807) is 19.2 Å². The second kappa shape index (κ2) is 9.25. The predicted molar refractivity (Wildman–Crippen MR) is 118 cm³/mol. The van der Waals surface area contributed by atoms with Crippen LogP contribution in [0.25, 0.3) is 0 Å². The third-order valence-corrected chi connectivity index (χ3v) is 5.56. The number of guanidine groups is 1. The summed E-state index contributed by atoms with van der Waals surface area (Å²) in [7, 11) is 1.79. The topological polar surface area (TPSA) is 52.6 Å². The van der Waals surface area contributed by atoms with E-state index in [1.165, 1.54) is 6.07 Å². The van der Waals surface area contributed by atoms with E-state index >= 15 is 0 Å². The van der Waals surface area contributed by atoms with Gasteiger partial charge in [-0.05, 0) is 49.6 Å². The Balaban J connectivity index is 1.51. The Morgan fingerprint density at radius 1 is 1.21 bits per heavy atom. The van der Waals surface area contributed by atoms with E-state index in [2.05, 4.69) is 51.5 Å². The number of aliphatic imine (C=N–C) groups is 1. The largest absolute Gasteiger partial charge is 0.356 e. The van der Waals surface area contributed by atoms with Crippen molar-refractivity contribution in [3.05, 3.63) is 59.5 Å². The molecule has 2 aromatic rings. The van der Waals surface area contributed by atoms with Crippen molar-refractivity contribution in [2.45, 2.75) is 45.1 Å². The van der Waals surface area contributed by atoms with Gasteiger partial charge in [-0.15, -0.1) is 0 Å². The van der Waals surface area contributed by atoms with Crippen LogP contribution in [-0.2, 0) is 5.41 Å². The lowest BCUT2D eigenvalue weighted by Gasteiger charge is -2.34. The fourth-order valence-corrected chi connectivity index (χ4v) is 3.66. The summed E-state index contributed by atoms with van der Waals surface area (Å²) in [5, 5.41) is 6.96. The van der Waals surface area contributed by atoms with Crippen LogP contribution in [0.1, 0.15) is 37.9 Å². The van der Waals surface area contributed by atoms with E-state index in [0.717, 1.165) is 49.0 Å². The molecule has 1 saturated heterocycles. The summed E-state index contributed by atoms with van der Waals surface area (Å²) < 4.78 is 13.6. The molecule has 156 valence electrons. The number of rotatable bonds is 5. The summed E-state index contributed by atoms with van der Waals surface area (Å²) in [4.78, 5) is 11.4. The molecule has 29 heavy (non-hydrogen) atoms. The minimum atomic E-state index is -0.208. The van der Waals surface area contributed by atoms with Gasteiger partial charge in [0.15, 0.2) is 5.96 Å². The molecule has 1 aromatic heterocycles. The molecule has 0 aliphatic carbocycles. The van der Waals surface area contributed by atoms with Gasteiger partial charge in [0.25, 0.3) is 0 Å². The first-order valence-corrected chi connectivity index (χ1v) is 10.3. The van der Waals surface area contributed by atoms with Crippen molar-refractivity contribution >= 4 is 11.8 Å². The Labute approximate surface area is 173 Å². The van der Waals surface area contributed by atoms with Gasteiger partial charge in [-0.1, -0.05) is 32.0 Å². The third kappa shape index (κ3) is 5.68. The summed E-state index contributed by atoms with van der Waals surface area (Å²) >= 11 is 0. The second-order valence-corrected chi connectivity index (χ2v) is 8.36. The highest BCUT2D eigenvalue weighted by molar-refractivity contribution is 5.80. The van der Waals surface area contributed by atoms with Gasteiger partial charge in [-0.2, -0.15) is 0 Å². The summed E-state index contributed by atoms with van der Waals surface area (Å²) in [6.07, 6.45) is 2.06. The summed E-state index contributed by atoms with van der Waals surface area (Å²) in [6.45, 7) is 8.85. The number of hydrogen-bond donors (Lipinski definition) is 2.